The van der Waals surface area contributed by atoms with E-state index in [2.05, 4.69) is 39.9 Å². The zero-order valence-corrected chi connectivity index (χ0v) is 13.6. The van der Waals surface area contributed by atoms with E-state index in [1.54, 1.807) is 0 Å². The fraction of sp³-hybridized carbons (Fsp3) is 0.765. The van der Waals surface area contributed by atoms with Crippen LogP contribution in [-0.2, 0) is 10.2 Å². The van der Waals surface area contributed by atoms with Gasteiger partial charge in [0, 0.05) is 49.3 Å². The van der Waals surface area contributed by atoms with Crippen molar-refractivity contribution in [2.75, 3.05) is 31.1 Å². The summed E-state index contributed by atoms with van der Waals surface area (Å²) in [7, 11) is 0. The largest absolute Gasteiger partial charge is 0.352 e. The summed E-state index contributed by atoms with van der Waals surface area (Å²) < 4.78 is 0. The second kappa shape index (κ2) is 5.00. The Balaban J connectivity index is 1.35. The van der Waals surface area contributed by atoms with Gasteiger partial charge in [-0.25, -0.2) is 0 Å². The van der Waals surface area contributed by atoms with E-state index in [9.17, 15) is 4.79 Å². The minimum absolute atomic E-state index is 0.221. The van der Waals surface area contributed by atoms with Crippen molar-refractivity contribution in [2.24, 2.45) is 11.8 Å². The molecule has 1 amide bonds. The van der Waals surface area contributed by atoms with E-state index >= 15 is 0 Å². The summed E-state index contributed by atoms with van der Waals surface area (Å²) in [6, 6.07) is 2.21. The zero-order valence-electron chi connectivity index (χ0n) is 13.6. The van der Waals surface area contributed by atoms with Crippen molar-refractivity contribution in [2.45, 2.75) is 44.9 Å². The quantitative estimate of drug-likeness (QED) is 0.927. The first-order chi connectivity index (χ1) is 10.6. The number of amides is 1. The van der Waals surface area contributed by atoms with Crippen molar-refractivity contribution in [3.05, 3.63) is 11.8 Å². The Bertz CT molecular complexity index is 565. The Labute approximate surface area is 132 Å². The van der Waals surface area contributed by atoms with Gasteiger partial charge in [-0.15, -0.1) is 0 Å². The van der Waals surface area contributed by atoms with Crippen LogP contribution in [0.3, 0.4) is 0 Å². The van der Waals surface area contributed by atoms with Gasteiger partial charge in [-0.05, 0) is 31.6 Å². The highest BCUT2D eigenvalue weighted by Crippen LogP contribution is 2.47. The van der Waals surface area contributed by atoms with Crippen LogP contribution in [0.25, 0.3) is 0 Å². The Morgan fingerprint density at radius 3 is 2.59 bits per heavy atom. The minimum Gasteiger partial charge on any atom is -0.352 e. The first-order valence-electron chi connectivity index (χ1n) is 8.66. The summed E-state index contributed by atoms with van der Waals surface area (Å²) in [4.78, 5) is 16.8. The lowest BCUT2D eigenvalue weighted by molar-refractivity contribution is -0.135. The molecule has 3 aliphatic rings. The molecule has 120 valence electrons. The molecular formula is C17H26N4O. The monoisotopic (exact) mass is 302 g/mol. The summed E-state index contributed by atoms with van der Waals surface area (Å²) in [5.41, 5.74) is 1.60. The van der Waals surface area contributed by atoms with Crippen molar-refractivity contribution in [1.29, 1.82) is 0 Å². The molecule has 22 heavy (non-hydrogen) atoms. The van der Waals surface area contributed by atoms with Gasteiger partial charge in [-0.3, -0.25) is 9.89 Å². The predicted molar refractivity (Wildman–Crippen MR) is 85.9 cm³/mol. The van der Waals surface area contributed by atoms with Crippen LogP contribution in [0, 0.1) is 11.8 Å². The second-order valence-corrected chi connectivity index (χ2v) is 7.64. The first kappa shape index (κ1) is 14.1. The molecule has 2 saturated carbocycles. The minimum atomic E-state index is 0.221. The van der Waals surface area contributed by atoms with Crippen molar-refractivity contribution < 1.29 is 4.79 Å². The average Bonchev–Trinajstić information content (AvgIpc) is 3.46. The molecule has 0 aromatic carbocycles. The number of carbonyl (C=O) groups excluding carboxylic acids is 1. The van der Waals surface area contributed by atoms with E-state index in [0.717, 1.165) is 32.0 Å². The number of nitrogens with zero attached hydrogens (tertiary/aromatic N) is 3. The molecular weight excluding hydrogens is 276 g/mol. The Kier molecular flexibility index (Phi) is 3.20. The SMILES string of the molecule is C[C@H](C(=O)N1CCN(c2cc(C3(C)CC3)[nH]n2)CC1)C1CC1. The molecule has 1 N–H and O–H groups in total. The average molecular weight is 302 g/mol. The normalized spacial score (nSPS) is 25.2. The smallest absolute Gasteiger partial charge is 0.225 e. The number of aromatic nitrogens is 2. The number of hydrogen-bond acceptors (Lipinski definition) is 3. The maximum Gasteiger partial charge on any atom is 0.225 e. The number of rotatable bonds is 4. The van der Waals surface area contributed by atoms with Crippen LogP contribution in [0.2, 0.25) is 0 Å². The predicted octanol–water partition coefficient (Wildman–Crippen LogP) is 2.16. The Morgan fingerprint density at radius 1 is 1.32 bits per heavy atom. The maximum absolute atomic E-state index is 12.5. The van der Waals surface area contributed by atoms with E-state index in [1.165, 1.54) is 31.4 Å². The van der Waals surface area contributed by atoms with Crippen LogP contribution in [0.1, 0.15) is 45.2 Å². The molecule has 2 aliphatic carbocycles. The number of anilines is 1. The third-order valence-electron chi connectivity index (χ3n) is 5.85. The number of nitrogens with one attached hydrogen (secondary N) is 1. The number of piperazine rings is 1. The molecule has 3 fully saturated rings. The summed E-state index contributed by atoms with van der Waals surface area (Å²) >= 11 is 0. The lowest BCUT2D eigenvalue weighted by atomic mass is 10.0. The summed E-state index contributed by atoms with van der Waals surface area (Å²) in [5, 5.41) is 7.70. The second-order valence-electron chi connectivity index (χ2n) is 7.64. The van der Waals surface area contributed by atoms with E-state index in [1.807, 2.05) is 0 Å². The van der Waals surface area contributed by atoms with E-state index in [0.29, 0.717) is 17.2 Å². The number of H-pyrrole nitrogens is 1. The van der Waals surface area contributed by atoms with Crippen molar-refractivity contribution in [3.63, 3.8) is 0 Å². The fourth-order valence-corrected chi connectivity index (χ4v) is 3.48. The van der Waals surface area contributed by atoms with Gasteiger partial charge in [0.25, 0.3) is 0 Å². The van der Waals surface area contributed by atoms with E-state index < -0.39 is 0 Å². The van der Waals surface area contributed by atoms with Gasteiger partial charge in [0.15, 0.2) is 5.82 Å². The van der Waals surface area contributed by atoms with Gasteiger partial charge in [0.1, 0.15) is 0 Å². The van der Waals surface area contributed by atoms with Gasteiger partial charge in [0.05, 0.1) is 0 Å². The van der Waals surface area contributed by atoms with Crippen LogP contribution in [0.15, 0.2) is 6.07 Å². The summed E-state index contributed by atoms with van der Waals surface area (Å²) in [6.07, 6.45) is 5.00. The summed E-state index contributed by atoms with van der Waals surface area (Å²) in [5.74, 6) is 2.28. The molecule has 0 bridgehead atoms. The topological polar surface area (TPSA) is 52.2 Å². The molecule has 0 unspecified atom stereocenters. The molecule has 1 aromatic heterocycles. The molecule has 0 spiro atoms. The van der Waals surface area contributed by atoms with Gasteiger partial charge in [0.2, 0.25) is 5.91 Å². The van der Waals surface area contributed by atoms with Crippen LogP contribution in [-0.4, -0.2) is 47.2 Å². The maximum atomic E-state index is 12.5. The van der Waals surface area contributed by atoms with Gasteiger partial charge >= 0.3 is 0 Å². The van der Waals surface area contributed by atoms with Gasteiger partial charge in [-0.1, -0.05) is 13.8 Å². The number of hydrogen-bond donors (Lipinski definition) is 1. The lowest BCUT2D eigenvalue weighted by Crippen LogP contribution is -2.50. The third-order valence-corrected chi connectivity index (χ3v) is 5.85. The summed E-state index contributed by atoms with van der Waals surface area (Å²) in [6.45, 7) is 7.84. The molecule has 2 heterocycles. The molecule has 1 saturated heterocycles. The lowest BCUT2D eigenvalue weighted by Gasteiger charge is -2.36. The molecule has 0 radical (unpaired) electrons. The highest BCUT2D eigenvalue weighted by atomic mass is 16.2. The van der Waals surface area contributed by atoms with Gasteiger partial charge in [-0.2, -0.15) is 5.10 Å². The number of carbonyl (C=O) groups is 1. The molecule has 1 atom stereocenters. The highest BCUT2D eigenvalue weighted by Gasteiger charge is 2.41. The number of aromatic amines is 1. The molecule has 4 rings (SSSR count). The van der Waals surface area contributed by atoms with Crippen LogP contribution in [0.5, 0.6) is 0 Å². The first-order valence-corrected chi connectivity index (χ1v) is 8.66. The van der Waals surface area contributed by atoms with Crippen molar-refractivity contribution in [1.82, 2.24) is 15.1 Å². The van der Waals surface area contributed by atoms with E-state index in [-0.39, 0.29) is 5.92 Å². The van der Waals surface area contributed by atoms with Crippen molar-refractivity contribution in [3.8, 4) is 0 Å². The van der Waals surface area contributed by atoms with Crippen molar-refractivity contribution >= 4 is 11.7 Å². The molecule has 5 nitrogen and oxygen atoms in total. The van der Waals surface area contributed by atoms with Gasteiger partial charge < -0.3 is 9.80 Å². The van der Waals surface area contributed by atoms with Crippen LogP contribution in [0.4, 0.5) is 5.82 Å². The van der Waals surface area contributed by atoms with Crippen LogP contribution >= 0.6 is 0 Å². The molecule has 5 heteroatoms. The zero-order chi connectivity index (χ0) is 15.3. The third kappa shape index (κ3) is 2.50. The Hall–Kier alpha value is -1.52. The van der Waals surface area contributed by atoms with Crippen LogP contribution < -0.4 is 4.90 Å². The standard InChI is InChI=1S/C17H26N4O/c1-12(13-3-4-13)16(22)21-9-7-20(8-10-21)15-11-14(18-19-15)17(2)5-6-17/h11-13H,3-10H2,1-2H3,(H,18,19)/t12-/m0/s1. The fourth-order valence-electron chi connectivity index (χ4n) is 3.48. The van der Waals surface area contributed by atoms with E-state index in [4.69, 9.17) is 0 Å². The molecule has 1 aromatic rings. The molecule has 1 aliphatic heterocycles. The highest BCUT2D eigenvalue weighted by molar-refractivity contribution is 5.79. The Morgan fingerprint density at radius 2 is 2.00 bits per heavy atom.